The average molecular weight is 286 g/mol. The quantitative estimate of drug-likeness (QED) is 0.869. The molecule has 1 aromatic carbocycles. The zero-order valence-corrected chi connectivity index (χ0v) is 12.6. The zero-order valence-electron chi connectivity index (χ0n) is 11.7. The maximum atomic E-state index is 12.4. The Hall–Kier alpha value is -1.68. The second-order valence-corrected chi connectivity index (χ2v) is 7.45. The third kappa shape index (κ3) is 2.61. The van der Waals surface area contributed by atoms with Crippen molar-refractivity contribution in [2.45, 2.75) is 23.6 Å². The summed E-state index contributed by atoms with van der Waals surface area (Å²) < 4.78 is 12.4. The van der Waals surface area contributed by atoms with Gasteiger partial charge in [0.2, 0.25) is 0 Å². The van der Waals surface area contributed by atoms with Crippen molar-refractivity contribution in [2.24, 2.45) is 5.41 Å². The first kappa shape index (κ1) is 13.3. The van der Waals surface area contributed by atoms with E-state index in [9.17, 15) is 4.21 Å². The first-order chi connectivity index (χ1) is 9.55. The predicted octanol–water partition coefficient (Wildman–Crippen LogP) is 3.09. The van der Waals surface area contributed by atoms with Gasteiger partial charge in [0, 0.05) is 41.0 Å². The van der Waals surface area contributed by atoms with E-state index in [1.807, 2.05) is 12.1 Å². The summed E-state index contributed by atoms with van der Waals surface area (Å²) in [4.78, 5) is 7.92. The van der Waals surface area contributed by atoms with Crippen molar-refractivity contribution in [1.82, 2.24) is 4.98 Å². The molecule has 1 saturated heterocycles. The lowest BCUT2D eigenvalue weighted by Gasteiger charge is -2.47. The number of hydrogen-bond acceptors (Lipinski definition) is 3. The van der Waals surface area contributed by atoms with Crippen LogP contribution in [0.15, 0.2) is 58.6 Å². The lowest BCUT2D eigenvalue weighted by atomic mass is 9.84. The summed E-state index contributed by atoms with van der Waals surface area (Å²) in [6.45, 7) is 6.71. The highest BCUT2D eigenvalue weighted by molar-refractivity contribution is 7.85. The van der Waals surface area contributed by atoms with Gasteiger partial charge in [0.05, 0.1) is 10.8 Å². The monoisotopic (exact) mass is 286 g/mol. The number of pyridine rings is 1. The minimum absolute atomic E-state index is 0.415. The molecule has 0 N–H and O–H groups in total. The molecule has 0 aliphatic carbocycles. The Morgan fingerprint density at radius 1 is 1.00 bits per heavy atom. The van der Waals surface area contributed by atoms with E-state index in [-0.39, 0.29) is 0 Å². The summed E-state index contributed by atoms with van der Waals surface area (Å²) in [6, 6.07) is 11.6. The number of benzene rings is 1. The minimum Gasteiger partial charge on any atom is -0.370 e. The van der Waals surface area contributed by atoms with E-state index in [0.717, 1.165) is 22.9 Å². The number of anilines is 1. The van der Waals surface area contributed by atoms with Crippen LogP contribution in [-0.2, 0) is 10.8 Å². The lowest BCUT2D eigenvalue weighted by molar-refractivity contribution is 0.276. The van der Waals surface area contributed by atoms with Crippen molar-refractivity contribution < 1.29 is 4.21 Å². The number of hydrogen-bond donors (Lipinski definition) is 0. The minimum atomic E-state index is -1.13. The van der Waals surface area contributed by atoms with Gasteiger partial charge in [0.1, 0.15) is 0 Å². The highest BCUT2D eigenvalue weighted by Gasteiger charge is 2.33. The van der Waals surface area contributed by atoms with Gasteiger partial charge < -0.3 is 4.90 Å². The van der Waals surface area contributed by atoms with E-state index < -0.39 is 10.8 Å². The Kier molecular flexibility index (Phi) is 3.34. The molecule has 3 nitrogen and oxygen atoms in total. The molecule has 4 heteroatoms. The Bertz CT molecular complexity index is 615. The van der Waals surface area contributed by atoms with Gasteiger partial charge >= 0.3 is 0 Å². The molecule has 20 heavy (non-hydrogen) atoms. The van der Waals surface area contributed by atoms with Crippen LogP contribution in [0.1, 0.15) is 13.8 Å². The van der Waals surface area contributed by atoms with Crippen molar-refractivity contribution in [1.29, 1.82) is 0 Å². The standard InChI is InChI=1S/C16H18N2OS/c1-16(2)11-18(12-16)13-3-5-14(6-4-13)20(19)15-7-9-17-10-8-15/h3-10H,11-12H2,1-2H3. The summed E-state index contributed by atoms with van der Waals surface area (Å²) in [5, 5.41) is 0. The molecule has 1 fully saturated rings. The van der Waals surface area contributed by atoms with Crippen molar-refractivity contribution in [2.75, 3.05) is 18.0 Å². The van der Waals surface area contributed by atoms with Crippen LogP contribution in [0.2, 0.25) is 0 Å². The fourth-order valence-electron chi connectivity index (χ4n) is 2.55. The summed E-state index contributed by atoms with van der Waals surface area (Å²) in [5.41, 5.74) is 1.62. The second-order valence-electron chi connectivity index (χ2n) is 5.97. The third-order valence-electron chi connectivity index (χ3n) is 3.52. The topological polar surface area (TPSA) is 33.2 Å². The van der Waals surface area contributed by atoms with Gasteiger partial charge in [-0.25, -0.2) is 4.21 Å². The molecule has 0 saturated carbocycles. The smallest absolute Gasteiger partial charge is 0.0850 e. The number of aromatic nitrogens is 1. The molecule has 3 rings (SSSR count). The predicted molar refractivity (Wildman–Crippen MR) is 81.3 cm³/mol. The van der Waals surface area contributed by atoms with E-state index in [2.05, 4.69) is 35.9 Å². The number of nitrogens with zero attached hydrogens (tertiary/aromatic N) is 2. The highest BCUT2D eigenvalue weighted by Crippen LogP contribution is 2.33. The Morgan fingerprint density at radius 2 is 1.55 bits per heavy atom. The van der Waals surface area contributed by atoms with Crippen molar-refractivity contribution in [3.05, 3.63) is 48.8 Å². The van der Waals surface area contributed by atoms with Gasteiger partial charge in [-0.05, 0) is 41.8 Å². The van der Waals surface area contributed by atoms with Gasteiger partial charge in [0.25, 0.3) is 0 Å². The Labute approximate surface area is 122 Å². The SMILES string of the molecule is CC1(C)CN(c2ccc(S(=O)c3ccncc3)cc2)C1. The maximum absolute atomic E-state index is 12.4. The Morgan fingerprint density at radius 3 is 2.10 bits per heavy atom. The van der Waals surface area contributed by atoms with E-state index in [1.54, 1.807) is 24.5 Å². The molecule has 1 aromatic heterocycles. The van der Waals surface area contributed by atoms with Crippen LogP contribution in [0.25, 0.3) is 0 Å². The summed E-state index contributed by atoms with van der Waals surface area (Å²) in [6.07, 6.45) is 3.34. The van der Waals surface area contributed by atoms with E-state index in [1.165, 1.54) is 5.69 Å². The largest absolute Gasteiger partial charge is 0.370 e. The van der Waals surface area contributed by atoms with E-state index >= 15 is 0 Å². The van der Waals surface area contributed by atoms with Gasteiger partial charge in [-0.3, -0.25) is 4.98 Å². The molecule has 1 unspecified atom stereocenters. The molecular formula is C16H18N2OS. The summed E-state index contributed by atoms with van der Waals surface area (Å²) in [5.74, 6) is 0. The van der Waals surface area contributed by atoms with E-state index in [4.69, 9.17) is 0 Å². The van der Waals surface area contributed by atoms with Crippen molar-refractivity contribution in [3.8, 4) is 0 Å². The first-order valence-electron chi connectivity index (χ1n) is 6.72. The second kappa shape index (κ2) is 5.02. The third-order valence-corrected chi connectivity index (χ3v) is 4.92. The van der Waals surface area contributed by atoms with Crippen LogP contribution in [0.4, 0.5) is 5.69 Å². The molecule has 104 valence electrons. The van der Waals surface area contributed by atoms with Gasteiger partial charge in [-0.1, -0.05) is 13.8 Å². The molecule has 2 aromatic rings. The van der Waals surface area contributed by atoms with Crippen LogP contribution in [0.3, 0.4) is 0 Å². The number of rotatable bonds is 3. The van der Waals surface area contributed by atoms with Crippen molar-refractivity contribution in [3.63, 3.8) is 0 Å². The molecular weight excluding hydrogens is 268 g/mol. The molecule has 2 heterocycles. The lowest BCUT2D eigenvalue weighted by Crippen LogP contribution is -2.53. The zero-order chi connectivity index (χ0) is 14.2. The fraction of sp³-hybridized carbons (Fsp3) is 0.312. The molecule has 1 aliphatic heterocycles. The summed E-state index contributed by atoms with van der Waals surface area (Å²) >= 11 is 0. The first-order valence-corrected chi connectivity index (χ1v) is 7.87. The van der Waals surface area contributed by atoms with Crippen LogP contribution in [0, 0.1) is 5.41 Å². The molecule has 0 spiro atoms. The molecule has 0 radical (unpaired) electrons. The summed E-state index contributed by atoms with van der Waals surface area (Å²) in [7, 11) is -1.13. The molecule has 0 amide bonds. The van der Waals surface area contributed by atoms with Crippen molar-refractivity contribution >= 4 is 16.5 Å². The van der Waals surface area contributed by atoms with Crippen LogP contribution < -0.4 is 4.90 Å². The van der Waals surface area contributed by atoms with E-state index in [0.29, 0.717) is 5.41 Å². The van der Waals surface area contributed by atoms with Gasteiger partial charge in [-0.2, -0.15) is 0 Å². The molecule has 0 bridgehead atoms. The van der Waals surface area contributed by atoms with Gasteiger partial charge in [0.15, 0.2) is 0 Å². The van der Waals surface area contributed by atoms with Crippen LogP contribution >= 0.6 is 0 Å². The van der Waals surface area contributed by atoms with Gasteiger partial charge in [-0.15, -0.1) is 0 Å². The average Bonchev–Trinajstić information content (AvgIpc) is 2.45. The van der Waals surface area contributed by atoms with Crippen LogP contribution in [0.5, 0.6) is 0 Å². The Balaban J connectivity index is 1.75. The molecule has 1 aliphatic rings. The highest BCUT2D eigenvalue weighted by atomic mass is 32.2. The normalized spacial score (nSPS) is 18.4. The maximum Gasteiger partial charge on any atom is 0.0850 e. The molecule has 1 atom stereocenters. The fourth-order valence-corrected chi connectivity index (χ4v) is 3.57. The van der Waals surface area contributed by atoms with Crippen LogP contribution in [-0.4, -0.2) is 22.3 Å².